The molecule has 1 radical (unpaired) electrons. The van der Waals surface area contributed by atoms with Gasteiger partial charge in [0, 0.05) is 40.8 Å². The fraction of sp³-hybridized carbons (Fsp3) is 0.293. The molecule has 17 heteroatoms. The van der Waals surface area contributed by atoms with E-state index in [0.29, 0.717) is 10.3 Å². The van der Waals surface area contributed by atoms with Crippen molar-refractivity contribution in [1.29, 1.82) is 0 Å². The van der Waals surface area contributed by atoms with Crippen LogP contribution in [0.25, 0.3) is 20.4 Å². The van der Waals surface area contributed by atoms with Crippen LogP contribution in [0, 0.1) is 21.8 Å². The summed E-state index contributed by atoms with van der Waals surface area (Å²) in [5.41, 5.74) is 5.38. The summed E-state index contributed by atoms with van der Waals surface area (Å²) in [6, 6.07) is 22.7. The first-order valence-electron chi connectivity index (χ1n) is 17.9. The van der Waals surface area contributed by atoms with Gasteiger partial charge in [-0.1, -0.05) is 94.4 Å². The smallest absolute Gasteiger partial charge is 0.382 e. The molecule has 2 heterocycles. The summed E-state index contributed by atoms with van der Waals surface area (Å²) in [5.74, 6) is 0. The Hall–Kier alpha value is -3.31. The second-order valence-corrected chi connectivity index (χ2v) is 17.8. The molecule has 0 atom stereocenters. The van der Waals surface area contributed by atoms with E-state index in [1.165, 1.54) is 34.4 Å². The number of halogens is 2. The van der Waals surface area contributed by atoms with Crippen LogP contribution in [-0.2, 0) is 26.6 Å². The third kappa shape index (κ3) is 13.9. The normalized spacial score (nSPS) is 11.2. The standard InChI is InChI=1S/C20H22BrN4S.C19H21BrN4O3S2.2CH3.Ni/c1-4-10-25(11-5-2)16-7-9-17(14(3)12-16)23-24-20-22-18-8-6-15(21)13-19(18)26-20;1-3-9-24(10-4-2)14-6-8-16(18(12-14)29(25,26)27)22-23-19-21-15-7-5-13(20)11-17(15)28-19;;;/h6-9,12-13H,3-5,10-11H2,1-2H3;5-8,11-12H,3-4,9-10H2,1-2H3,(H,25,26,27);2*1H3;/q-1;;2*-1;+3. The van der Waals surface area contributed by atoms with E-state index in [1.807, 2.05) is 42.5 Å². The predicted molar refractivity (Wildman–Crippen MR) is 249 cm³/mol. The van der Waals surface area contributed by atoms with Crippen LogP contribution < -0.4 is 9.80 Å². The Kier molecular flexibility index (Phi) is 21.1. The molecule has 313 valence electrons. The number of aromatic nitrogens is 2. The summed E-state index contributed by atoms with van der Waals surface area (Å²) in [4.78, 5) is 13.1. The van der Waals surface area contributed by atoms with E-state index in [0.717, 1.165) is 98.2 Å². The van der Waals surface area contributed by atoms with Crippen LogP contribution in [0.3, 0.4) is 0 Å². The number of benzene rings is 4. The maximum Gasteiger partial charge on any atom is 3.00 e. The Labute approximate surface area is 378 Å². The van der Waals surface area contributed by atoms with Crippen LogP contribution >= 0.6 is 54.5 Å². The minimum absolute atomic E-state index is 0. The summed E-state index contributed by atoms with van der Waals surface area (Å²) < 4.78 is 37.6. The number of fused-ring (bicyclic) bond motifs is 2. The minimum Gasteiger partial charge on any atom is -0.382 e. The fourth-order valence-corrected chi connectivity index (χ4v) is 9.05. The van der Waals surface area contributed by atoms with Gasteiger partial charge in [0.05, 0.1) is 20.4 Å². The zero-order valence-electron chi connectivity index (χ0n) is 33.4. The van der Waals surface area contributed by atoms with Crippen LogP contribution in [0.4, 0.5) is 33.0 Å². The van der Waals surface area contributed by atoms with E-state index in [2.05, 4.69) is 119 Å². The molecule has 1 N–H and O–H groups in total. The largest absolute Gasteiger partial charge is 3.00 e. The van der Waals surface area contributed by atoms with E-state index in [4.69, 9.17) is 0 Å². The van der Waals surface area contributed by atoms with Crippen molar-refractivity contribution in [1.82, 2.24) is 9.97 Å². The molecule has 11 nitrogen and oxygen atoms in total. The summed E-state index contributed by atoms with van der Waals surface area (Å²) in [5, 5.41) is 17.9. The summed E-state index contributed by atoms with van der Waals surface area (Å²) in [6.45, 7) is 16.4. The quantitative estimate of drug-likeness (QED) is 0.0468. The van der Waals surface area contributed by atoms with Crippen molar-refractivity contribution < 1.29 is 29.5 Å². The van der Waals surface area contributed by atoms with Gasteiger partial charge < -0.3 is 24.7 Å². The molecule has 4 aromatic carbocycles. The summed E-state index contributed by atoms with van der Waals surface area (Å²) in [6.07, 6.45) is 4.11. The maximum absolute atomic E-state index is 12.0. The summed E-state index contributed by atoms with van der Waals surface area (Å²) >= 11 is 9.77. The topological polar surface area (TPSA) is 136 Å². The van der Waals surface area contributed by atoms with Crippen molar-refractivity contribution in [2.45, 2.75) is 58.3 Å². The van der Waals surface area contributed by atoms with Gasteiger partial charge in [-0.25, -0.2) is 15.1 Å². The number of azo groups is 2. The first-order valence-corrected chi connectivity index (χ1v) is 22.6. The fourth-order valence-electron chi connectivity index (χ4n) is 5.73. The van der Waals surface area contributed by atoms with Gasteiger partial charge in [0.15, 0.2) is 0 Å². The molecule has 0 spiro atoms. The Morgan fingerprint density at radius 2 is 1.05 bits per heavy atom. The average molecular weight is 1020 g/mol. The van der Waals surface area contributed by atoms with Gasteiger partial charge in [-0.05, 0) is 91.7 Å². The van der Waals surface area contributed by atoms with Gasteiger partial charge in [-0.2, -0.15) is 20.9 Å². The second-order valence-electron chi connectivity index (χ2n) is 12.5. The second kappa shape index (κ2) is 24.1. The van der Waals surface area contributed by atoms with Crippen LogP contribution in [0.1, 0.15) is 58.9 Å². The number of rotatable bonds is 15. The average Bonchev–Trinajstić information content (AvgIpc) is 3.76. The van der Waals surface area contributed by atoms with Gasteiger partial charge >= 0.3 is 16.5 Å². The summed E-state index contributed by atoms with van der Waals surface area (Å²) in [7, 11) is -4.46. The van der Waals surface area contributed by atoms with Gasteiger partial charge in [-0.15, -0.1) is 21.4 Å². The molecular weight excluding hydrogens is 967 g/mol. The van der Waals surface area contributed by atoms with Gasteiger partial charge in [-0.3, -0.25) is 4.55 Å². The molecule has 0 unspecified atom stereocenters. The maximum atomic E-state index is 12.0. The number of thiazole rings is 2. The van der Waals surface area contributed by atoms with Crippen molar-refractivity contribution in [2.75, 3.05) is 36.0 Å². The molecule has 58 heavy (non-hydrogen) atoms. The molecule has 0 aliphatic rings. The Morgan fingerprint density at radius 3 is 1.47 bits per heavy atom. The Balaban J connectivity index is 0.000000382. The SMILES string of the molecule is CCCN(CCC)c1ccc(N=Nc2nc3ccc(Br)cc3s2)c(S(=O)(=O)O)c1.[CH2-]c1cc(N(CCC)CCC)ccc1N=Nc1nc2ccc(Br)cc2s1.[CH3-].[CH3-].[Ni+3]. The predicted octanol–water partition coefficient (Wildman–Crippen LogP) is 14.5. The molecule has 0 amide bonds. The molecule has 6 rings (SSSR count). The third-order valence-corrected chi connectivity index (χ3v) is 11.8. The van der Waals surface area contributed by atoms with Gasteiger partial charge in [0.25, 0.3) is 10.1 Å². The first kappa shape index (κ1) is 50.8. The molecule has 0 saturated heterocycles. The Bertz CT molecular complexity index is 2400. The molecule has 6 aromatic rings. The molecule has 0 bridgehead atoms. The zero-order chi connectivity index (χ0) is 39.5. The van der Waals surface area contributed by atoms with Crippen LogP contribution in [0.15, 0.2) is 107 Å². The zero-order valence-corrected chi connectivity index (χ0v) is 40.0. The number of hydrogen-bond donors (Lipinski definition) is 1. The molecular formula is C41H49Br2N8NiO3S3. The number of hydrogen-bond acceptors (Lipinski definition) is 12. The molecule has 2 aromatic heterocycles. The van der Waals surface area contributed by atoms with Crippen molar-refractivity contribution >= 4 is 118 Å². The van der Waals surface area contributed by atoms with Gasteiger partial charge in [0.1, 0.15) is 10.6 Å². The molecule has 0 fully saturated rings. The van der Waals surface area contributed by atoms with Crippen LogP contribution in [0.5, 0.6) is 0 Å². The van der Waals surface area contributed by atoms with E-state index >= 15 is 0 Å². The van der Waals surface area contributed by atoms with Crippen molar-refractivity contribution in [3.05, 3.63) is 109 Å². The van der Waals surface area contributed by atoms with Crippen LogP contribution in [-0.4, -0.2) is 49.1 Å². The molecule has 0 aliphatic carbocycles. The Morgan fingerprint density at radius 1 is 0.638 bits per heavy atom. The van der Waals surface area contributed by atoms with Crippen molar-refractivity contribution in [3.8, 4) is 0 Å². The van der Waals surface area contributed by atoms with E-state index in [1.54, 1.807) is 12.1 Å². The van der Waals surface area contributed by atoms with Crippen molar-refractivity contribution in [2.24, 2.45) is 20.5 Å². The van der Waals surface area contributed by atoms with E-state index < -0.39 is 10.1 Å². The minimum atomic E-state index is -4.46. The van der Waals surface area contributed by atoms with Crippen molar-refractivity contribution in [3.63, 3.8) is 0 Å². The first-order chi connectivity index (χ1) is 26.4. The van der Waals surface area contributed by atoms with Gasteiger partial charge in [0.2, 0.25) is 10.3 Å². The van der Waals surface area contributed by atoms with E-state index in [-0.39, 0.29) is 41.9 Å². The van der Waals surface area contributed by atoms with Crippen LogP contribution in [0.2, 0.25) is 0 Å². The third-order valence-electron chi connectivity index (χ3n) is 8.15. The molecule has 0 aliphatic heterocycles. The number of anilines is 2. The monoisotopic (exact) mass is 1010 g/mol. The van der Waals surface area contributed by atoms with E-state index in [9.17, 15) is 13.0 Å². The number of nitrogens with zero attached hydrogens (tertiary/aromatic N) is 8. The molecule has 0 saturated carbocycles.